The Kier molecular flexibility index (Phi) is 4.24. The van der Waals surface area contributed by atoms with Gasteiger partial charge in [-0.3, -0.25) is 10.1 Å². The molecular formula is C12H16N2O5S. The van der Waals surface area contributed by atoms with Crippen molar-refractivity contribution in [2.45, 2.75) is 25.0 Å². The van der Waals surface area contributed by atoms with Crippen molar-refractivity contribution < 1.29 is 18.4 Å². The van der Waals surface area contributed by atoms with Gasteiger partial charge in [-0.15, -0.1) is 0 Å². The number of rotatable bonds is 4. The number of piperidine rings is 1. The monoisotopic (exact) mass is 300 g/mol. The molecule has 8 heteroatoms. The maximum absolute atomic E-state index is 12.2. The van der Waals surface area contributed by atoms with Gasteiger partial charge in [-0.25, -0.2) is 12.7 Å². The van der Waals surface area contributed by atoms with Gasteiger partial charge in [0.2, 0.25) is 10.0 Å². The lowest BCUT2D eigenvalue weighted by Crippen LogP contribution is -2.36. The molecule has 7 nitrogen and oxygen atoms in total. The minimum Gasteiger partial charge on any atom is -0.508 e. The summed E-state index contributed by atoms with van der Waals surface area (Å²) in [7, 11) is -3.55. The average Bonchev–Trinajstić information content (AvgIpc) is 2.42. The van der Waals surface area contributed by atoms with Crippen molar-refractivity contribution in [1.29, 1.82) is 0 Å². The predicted octanol–water partition coefficient (Wildman–Crippen LogP) is 1.62. The van der Waals surface area contributed by atoms with Crippen LogP contribution in [0.5, 0.6) is 5.75 Å². The quantitative estimate of drug-likeness (QED) is 0.672. The largest absolute Gasteiger partial charge is 0.508 e. The van der Waals surface area contributed by atoms with Crippen molar-refractivity contribution in [2.75, 3.05) is 13.1 Å². The number of hydrogen-bond acceptors (Lipinski definition) is 5. The van der Waals surface area contributed by atoms with Crippen LogP contribution in [0.25, 0.3) is 0 Å². The standard InChI is InChI=1S/C12H16N2O5S/c15-12-5-4-11(14(16)17)8-10(12)9-20(18,19)13-6-2-1-3-7-13/h4-5,8,15H,1-3,6-7,9H2. The second-order valence-corrected chi connectivity index (χ2v) is 6.75. The third-order valence-corrected chi connectivity index (χ3v) is 5.15. The highest BCUT2D eigenvalue weighted by Crippen LogP contribution is 2.26. The summed E-state index contributed by atoms with van der Waals surface area (Å²) in [6.07, 6.45) is 2.65. The van der Waals surface area contributed by atoms with Gasteiger partial charge in [-0.2, -0.15) is 0 Å². The number of nitrogens with zero attached hydrogens (tertiary/aromatic N) is 2. The maximum Gasteiger partial charge on any atom is 0.270 e. The Balaban J connectivity index is 2.24. The number of hydrogen-bond donors (Lipinski definition) is 1. The third kappa shape index (κ3) is 3.26. The van der Waals surface area contributed by atoms with E-state index in [9.17, 15) is 23.6 Å². The summed E-state index contributed by atoms with van der Waals surface area (Å²) in [5, 5.41) is 20.4. The van der Waals surface area contributed by atoms with Gasteiger partial charge < -0.3 is 5.11 Å². The molecule has 0 aliphatic carbocycles. The van der Waals surface area contributed by atoms with Crippen molar-refractivity contribution >= 4 is 15.7 Å². The summed E-state index contributed by atoms with van der Waals surface area (Å²) < 4.78 is 25.9. The van der Waals surface area contributed by atoms with E-state index >= 15 is 0 Å². The number of nitro groups is 1. The van der Waals surface area contributed by atoms with E-state index in [0.717, 1.165) is 37.5 Å². The minimum atomic E-state index is -3.55. The number of non-ortho nitro benzene ring substituents is 1. The zero-order chi connectivity index (χ0) is 14.8. The van der Waals surface area contributed by atoms with Crippen molar-refractivity contribution in [3.63, 3.8) is 0 Å². The van der Waals surface area contributed by atoms with Crippen LogP contribution in [-0.2, 0) is 15.8 Å². The Labute approximate surface area is 117 Å². The zero-order valence-electron chi connectivity index (χ0n) is 10.9. The Morgan fingerprint density at radius 3 is 2.50 bits per heavy atom. The van der Waals surface area contributed by atoms with E-state index in [2.05, 4.69) is 0 Å². The molecule has 0 unspecified atom stereocenters. The summed E-state index contributed by atoms with van der Waals surface area (Å²) in [6.45, 7) is 0.941. The molecule has 110 valence electrons. The predicted molar refractivity (Wildman–Crippen MR) is 72.8 cm³/mol. The molecular weight excluding hydrogens is 284 g/mol. The van der Waals surface area contributed by atoms with Crippen LogP contribution in [0.15, 0.2) is 18.2 Å². The second-order valence-electron chi connectivity index (χ2n) is 4.79. The second kappa shape index (κ2) is 5.76. The van der Waals surface area contributed by atoms with Crippen LogP contribution in [0.1, 0.15) is 24.8 Å². The minimum absolute atomic E-state index is 0.0600. The number of nitro benzene ring substituents is 1. The summed E-state index contributed by atoms with van der Waals surface area (Å²) in [5.74, 6) is -0.656. The molecule has 0 saturated carbocycles. The van der Waals surface area contributed by atoms with Crippen LogP contribution in [0.3, 0.4) is 0 Å². The molecule has 20 heavy (non-hydrogen) atoms. The topological polar surface area (TPSA) is 101 Å². The first-order chi connectivity index (χ1) is 9.40. The molecule has 1 aromatic rings. The smallest absolute Gasteiger partial charge is 0.270 e. The lowest BCUT2D eigenvalue weighted by atomic mass is 10.2. The van der Waals surface area contributed by atoms with E-state index in [0.29, 0.717) is 13.1 Å². The van der Waals surface area contributed by atoms with E-state index in [4.69, 9.17) is 0 Å². The Morgan fingerprint density at radius 1 is 1.25 bits per heavy atom. The first-order valence-electron chi connectivity index (χ1n) is 6.34. The molecule has 0 aromatic heterocycles. The normalized spacial score (nSPS) is 17.0. The highest BCUT2D eigenvalue weighted by atomic mass is 32.2. The first kappa shape index (κ1) is 14.7. The third-order valence-electron chi connectivity index (χ3n) is 3.32. The van der Waals surface area contributed by atoms with Gasteiger partial charge in [-0.05, 0) is 18.9 Å². The van der Waals surface area contributed by atoms with Crippen LogP contribution in [0, 0.1) is 10.1 Å². The van der Waals surface area contributed by atoms with Gasteiger partial charge >= 0.3 is 0 Å². The summed E-state index contributed by atoms with van der Waals surface area (Å²) in [5.41, 5.74) is -0.170. The van der Waals surface area contributed by atoms with E-state index in [1.54, 1.807) is 0 Å². The highest BCUT2D eigenvalue weighted by molar-refractivity contribution is 7.88. The molecule has 0 atom stereocenters. The van der Waals surface area contributed by atoms with Crippen LogP contribution >= 0.6 is 0 Å². The molecule has 1 heterocycles. The highest BCUT2D eigenvalue weighted by Gasteiger charge is 2.26. The summed E-state index contributed by atoms with van der Waals surface area (Å²) >= 11 is 0. The molecule has 0 spiro atoms. The number of sulfonamides is 1. The number of aromatic hydroxyl groups is 1. The van der Waals surface area contributed by atoms with Crippen LogP contribution in [0.4, 0.5) is 5.69 Å². The van der Waals surface area contributed by atoms with E-state index < -0.39 is 20.7 Å². The van der Waals surface area contributed by atoms with Crippen LogP contribution in [0.2, 0.25) is 0 Å². The number of phenols is 1. The first-order valence-corrected chi connectivity index (χ1v) is 7.95. The van der Waals surface area contributed by atoms with Gasteiger partial charge in [0.25, 0.3) is 5.69 Å². The lowest BCUT2D eigenvalue weighted by molar-refractivity contribution is -0.384. The molecule has 1 aromatic carbocycles. The van der Waals surface area contributed by atoms with Crippen molar-refractivity contribution in [2.24, 2.45) is 0 Å². The van der Waals surface area contributed by atoms with Crippen LogP contribution in [-0.4, -0.2) is 35.8 Å². The molecule has 1 aliphatic rings. The molecule has 1 N–H and O–H groups in total. The van der Waals surface area contributed by atoms with E-state index in [-0.39, 0.29) is 17.0 Å². The fraction of sp³-hybridized carbons (Fsp3) is 0.500. The lowest BCUT2D eigenvalue weighted by Gasteiger charge is -2.25. The molecule has 1 fully saturated rings. The summed E-state index contributed by atoms with van der Waals surface area (Å²) in [4.78, 5) is 10.1. The van der Waals surface area contributed by atoms with Gasteiger partial charge in [0.15, 0.2) is 0 Å². The van der Waals surface area contributed by atoms with Gasteiger partial charge in [0, 0.05) is 30.8 Å². The molecule has 0 bridgehead atoms. The number of phenolic OH excluding ortho intramolecular Hbond substituents is 1. The fourth-order valence-electron chi connectivity index (χ4n) is 2.23. The van der Waals surface area contributed by atoms with Crippen molar-refractivity contribution in [3.8, 4) is 5.75 Å². The van der Waals surface area contributed by atoms with Crippen LogP contribution < -0.4 is 0 Å². The summed E-state index contributed by atoms with van der Waals surface area (Å²) in [6, 6.07) is 3.41. The zero-order valence-corrected chi connectivity index (χ0v) is 11.7. The van der Waals surface area contributed by atoms with Gasteiger partial charge in [-0.1, -0.05) is 6.42 Å². The van der Waals surface area contributed by atoms with Crippen molar-refractivity contribution in [1.82, 2.24) is 4.31 Å². The molecule has 1 saturated heterocycles. The van der Waals surface area contributed by atoms with Gasteiger partial charge in [0.1, 0.15) is 5.75 Å². The fourth-order valence-corrected chi connectivity index (χ4v) is 3.85. The molecule has 1 aliphatic heterocycles. The molecule has 0 radical (unpaired) electrons. The van der Waals surface area contributed by atoms with E-state index in [1.165, 1.54) is 4.31 Å². The Hall–Kier alpha value is -1.67. The maximum atomic E-state index is 12.2. The SMILES string of the molecule is O=[N+]([O-])c1ccc(O)c(CS(=O)(=O)N2CCCCC2)c1. The van der Waals surface area contributed by atoms with Crippen molar-refractivity contribution in [3.05, 3.63) is 33.9 Å². The molecule has 0 amide bonds. The Morgan fingerprint density at radius 2 is 1.90 bits per heavy atom. The molecule has 2 rings (SSSR count). The Bertz CT molecular complexity index is 608. The van der Waals surface area contributed by atoms with E-state index in [1.807, 2.05) is 0 Å². The van der Waals surface area contributed by atoms with Gasteiger partial charge in [0.05, 0.1) is 10.7 Å². The average molecular weight is 300 g/mol. The number of benzene rings is 1.